The molecule has 1 aliphatic rings. The quantitative estimate of drug-likeness (QED) is 0.723. The molecule has 0 saturated heterocycles. The summed E-state index contributed by atoms with van der Waals surface area (Å²) in [6, 6.07) is 2.95. The summed E-state index contributed by atoms with van der Waals surface area (Å²) in [6.07, 6.45) is -2.64. The molecule has 1 aliphatic carbocycles. The fourth-order valence-electron chi connectivity index (χ4n) is 2.27. The fraction of sp³-hybridized carbons (Fsp3) is 0.400. The van der Waals surface area contributed by atoms with Crippen LogP contribution in [0.1, 0.15) is 31.4 Å². The molecule has 0 bridgehead atoms. The number of alkyl halides is 3. The maximum Gasteiger partial charge on any atom is 0.416 e. The average molecular weight is 400 g/mol. The molecule has 2 aromatic rings. The number of carbonyl (C=O) groups excluding carboxylic acids is 2. The van der Waals surface area contributed by atoms with Gasteiger partial charge in [0.25, 0.3) is 0 Å². The zero-order valence-electron chi connectivity index (χ0n) is 14.1. The Morgan fingerprint density at radius 2 is 2.00 bits per heavy atom. The largest absolute Gasteiger partial charge is 0.416 e. The molecule has 1 aromatic carbocycles. The first-order valence-electron chi connectivity index (χ1n) is 7.93. The first kappa shape index (κ1) is 19.1. The van der Waals surface area contributed by atoms with Crippen LogP contribution in [-0.2, 0) is 15.8 Å². The minimum atomic E-state index is -4.57. The van der Waals surface area contributed by atoms with E-state index in [0.29, 0.717) is 5.16 Å². The van der Waals surface area contributed by atoms with E-state index in [4.69, 9.17) is 0 Å². The molecular weight excluding hydrogens is 385 g/mol. The standard InChI is InChI=1S/C15H15F3N6O2S/c1-8(25)19-11-5-2-9(15(16,17)18)6-12(11)20-13(26)7-27-14-21-22-23-24(14)10-3-4-10/h2,5-6,10H,3-4,7H2,1H3,(H,19,25)(H,20,26). The molecule has 1 saturated carbocycles. The number of benzene rings is 1. The second-order valence-corrected chi connectivity index (χ2v) is 6.86. The lowest BCUT2D eigenvalue weighted by Crippen LogP contribution is -2.18. The number of nitrogens with one attached hydrogen (secondary N) is 2. The zero-order valence-corrected chi connectivity index (χ0v) is 14.9. The Morgan fingerprint density at radius 1 is 1.26 bits per heavy atom. The summed E-state index contributed by atoms with van der Waals surface area (Å²) >= 11 is 1.08. The summed E-state index contributed by atoms with van der Waals surface area (Å²) in [5, 5.41) is 16.5. The summed E-state index contributed by atoms with van der Waals surface area (Å²) in [5.74, 6) is -1.11. The molecule has 0 aliphatic heterocycles. The smallest absolute Gasteiger partial charge is 0.325 e. The van der Waals surface area contributed by atoms with Gasteiger partial charge in [0.15, 0.2) is 0 Å². The summed E-state index contributed by atoms with van der Waals surface area (Å²) < 4.78 is 40.4. The van der Waals surface area contributed by atoms with Crippen LogP contribution in [0.15, 0.2) is 23.4 Å². The second-order valence-electron chi connectivity index (χ2n) is 5.91. The maximum absolute atomic E-state index is 12.9. The number of aromatic nitrogens is 4. The molecule has 0 atom stereocenters. The van der Waals surface area contributed by atoms with Crippen molar-refractivity contribution in [2.45, 2.75) is 37.1 Å². The molecule has 8 nitrogen and oxygen atoms in total. The molecule has 2 amide bonds. The number of anilines is 2. The van der Waals surface area contributed by atoms with E-state index in [9.17, 15) is 22.8 Å². The van der Waals surface area contributed by atoms with Crippen LogP contribution in [0.3, 0.4) is 0 Å². The highest BCUT2D eigenvalue weighted by Gasteiger charge is 2.31. The minimum Gasteiger partial charge on any atom is -0.325 e. The number of amides is 2. The van der Waals surface area contributed by atoms with Crippen molar-refractivity contribution in [2.24, 2.45) is 0 Å². The number of nitrogens with zero attached hydrogens (tertiary/aromatic N) is 4. The van der Waals surface area contributed by atoms with Crippen LogP contribution in [0.4, 0.5) is 24.5 Å². The van der Waals surface area contributed by atoms with Crippen LogP contribution in [0.25, 0.3) is 0 Å². The molecule has 0 radical (unpaired) electrons. The molecule has 12 heteroatoms. The van der Waals surface area contributed by atoms with E-state index in [1.807, 2.05) is 0 Å². The van der Waals surface area contributed by atoms with Crippen LogP contribution in [-0.4, -0.2) is 37.8 Å². The van der Waals surface area contributed by atoms with E-state index in [1.54, 1.807) is 4.68 Å². The summed E-state index contributed by atoms with van der Waals surface area (Å²) in [7, 11) is 0. The number of tetrazole rings is 1. The zero-order chi connectivity index (χ0) is 19.6. The third-order valence-corrected chi connectivity index (χ3v) is 4.55. The second kappa shape index (κ2) is 7.55. The number of hydrogen-bond donors (Lipinski definition) is 2. The molecule has 2 N–H and O–H groups in total. The average Bonchev–Trinajstić information content (AvgIpc) is 3.31. The van der Waals surface area contributed by atoms with Crippen LogP contribution < -0.4 is 10.6 Å². The lowest BCUT2D eigenvalue weighted by Gasteiger charge is -2.14. The van der Waals surface area contributed by atoms with Crippen molar-refractivity contribution in [2.75, 3.05) is 16.4 Å². The van der Waals surface area contributed by atoms with Gasteiger partial charge in [0.1, 0.15) is 0 Å². The number of carbonyl (C=O) groups is 2. The van der Waals surface area contributed by atoms with Gasteiger partial charge in [-0.25, -0.2) is 4.68 Å². The normalized spacial score (nSPS) is 14.1. The van der Waals surface area contributed by atoms with Gasteiger partial charge in [0, 0.05) is 6.92 Å². The lowest BCUT2D eigenvalue weighted by molar-refractivity contribution is -0.137. The van der Waals surface area contributed by atoms with Crippen LogP contribution in [0, 0.1) is 0 Å². The van der Waals surface area contributed by atoms with Crippen molar-refractivity contribution < 1.29 is 22.8 Å². The Kier molecular flexibility index (Phi) is 5.35. The topological polar surface area (TPSA) is 102 Å². The van der Waals surface area contributed by atoms with E-state index >= 15 is 0 Å². The number of hydrogen-bond acceptors (Lipinski definition) is 6. The van der Waals surface area contributed by atoms with Gasteiger partial charge < -0.3 is 10.6 Å². The molecule has 1 aromatic heterocycles. The van der Waals surface area contributed by atoms with Crippen molar-refractivity contribution in [3.05, 3.63) is 23.8 Å². The van der Waals surface area contributed by atoms with Gasteiger partial charge in [0.05, 0.1) is 28.7 Å². The Hall–Kier alpha value is -2.63. The first-order valence-corrected chi connectivity index (χ1v) is 8.92. The predicted molar refractivity (Wildman–Crippen MR) is 91.2 cm³/mol. The van der Waals surface area contributed by atoms with Crippen molar-refractivity contribution in [1.29, 1.82) is 0 Å². The Labute approximate surface area is 155 Å². The summed E-state index contributed by atoms with van der Waals surface area (Å²) in [5.41, 5.74) is -0.985. The van der Waals surface area contributed by atoms with Crippen molar-refractivity contribution in [3.8, 4) is 0 Å². The van der Waals surface area contributed by atoms with Gasteiger partial charge in [-0.2, -0.15) is 13.2 Å². The van der Waals surface area contributed by atoms with Crippen molar-refractivity contribution >= 4 is 35.0 Å². The van der Waals surface area contributed by atoms with Gasteiger partial charge in [-0.05, 0) is 41.5 Å². The summed E-state index contributed by atoms with van der Waals surface area (Å²) in [6.45, 7) is 1.22. The lowest BCUT2D eigenvalue weighted by atomic mass is 10.1. The van der Waals surface area contributed by atoms with Crippen LogP contribution in [0.5, 0.6) is 0 Å². The molecule has 0 spiro atoms. The monoisotopic (exact) mass is 400 g/mol. The Balaban J connectivity index is 1.71. The molecule has 3 rings (SSSR count). The number of halogens is 3. The van der Waals surface area contributed by atoms with E-state index in [0.717, 1.165) is 42.8 Å². The fourth-order valence-corrected chi connectivity index (χ4v) is 3.01. The van der Waals surface area contributed by atoms with Crippen molar-refractivity contribution in [3.63, 3.8) is 0 Å². The highest BCUT2D eigenvalue weighted by atomic mass is 32.2. The van der Waals surface area contributed by atoms with Gasteiger partial charge in [-0.1, -0.05) is 11.8 Å². The van der Waals surface area contributed by atoms with Crippen LogP contribution >= 0.6 is 11.8 Å². The molecule has 1 fully saturated rings. The van der Waals surface area contributed by atoms with Crippen molar-refractivity contribution in [1.82, 2.24) is 20.2 Å². The van der Waals surface area contributed by atoms with E-state index in [-0.39, 0.29) is 23.2 Å². The predicted octanol–water partition coefficient (Wildman–Crippen LogP) is 2.72. The van der Waals surface area contributed by atoms with E-state index in [2.05, 4.69) is 26.2 Å². The van der Waals surface area contributed by atoms with Gasteiger partial charge in [-0.15, -0.1) is 5.10 Å². The third kappa shape index (κ3) is 4.96. The first-order chi connectivity index (χ1) is 12.7. The molecule has 144 valence electrons. The van der Waals surface area contributed by atoms with E-state index in [1.165, 1.54) is 6.92 Å². The highest BCUT2D eigenvalue weighted by molar-refractivity contribution is 7.99. The number of rotatable bonds is 6. The van der Waals surface area contributed by atoms with Gasteiger partial charge in [0.2, 0.25) is 17.0 Å². The van der Waals surface area contributed by atoms with Gasteiger partial charge >= 0.3 is 6.18 Å². The summed E-state index contributed by atoms with van der Waals surface area (Å²) in [4.78, 5) is 23.4. The third-order valence-electron chi connectivity index (χ3n) is 3.62. The molecule has 1 heterocycles. The Bertz CT molecular complexity index is 865. The molecular formula is C15H15F3N6O2S. The highest BCUT2D eigenvalue weighted by Crippen LogP contribution is 2.37. The van der Waals surface area contributed by atoms with Crippen LogP contribution in [0.2, 0.25) is 0 Å². The minimum absolute atomic E-state index is 0.0802. The van der Waals surface area contributed by atoms with E-state index < -0.39 is 23.6 Å². The molecule has 0 unspecified atom stereocenters. The maximum atomic E-state index is 12.9. The Morgan fingerprint density at radius 3 is 2.63 bits per heavy atom. The SMILES string of the molecule is CC(=O)Nc1ccc(C(F)(F)F)cc1NC(=O)CSc1nnnn1C1CC1. The van der Waals surface area contributed by atoms with Gasteiger partial charge in [-0.3, -0.25) is 9.59 Å². The number of thioether (sulfide) groups is 1. The molecule has 27 heavy (non-hydrogen) atoms.